The van der Waals surface area contributed by atoms with Crippen LogP contribution in [-0.2, 0) is 11.8 Å². The van der Waals surface area contributed by atoms with E-state index in [4.69, 9.17) is 10.5 Å². The predicted molar refractivity (Wildman–Crippen MR) is 63.4 cm³/mol. The van der Waals surface area contributed by atoms with Gasteiger partial charge in [-0.15, -0.1) is 0 Å². The average Bonchev–Trinajstić information content (AvgIpc) is 2.51. The van der Waals surface area contributed by atoms with Gasteiger partial charge in [0.2, 0.25) is 0 Å². The van der Waals surface area contributed by atoms with Crippen molar-refractivity contribution in [3.8, 4) is 0 Å². The van der Waals surface area contributed by atoms with Gasteiger partial charge in [-0.05, 0) is 18.6 Å². The van der Waals surface area contributed by atoms with E-state index in [0.29, 0.717) is 11.4 Å². The molecule has 0 aliphatic carbocycles. The van der Waals surface area contributed by atoms with Crippen molar-refractivity contribution in [1.29, 1.82) is 0 Å². The molecule has 2 rings (SSSR count). The minimum Gasteiger partial charge on any atom is -0.464 e. The van der Waals surface area contributed by atoms with Gasteiger partial charge >= 0.3 is 5.97 Å². The topological polar surface area (TPSA) is 57.2 Å². The quantitative estimate of drug-likeness (QED) is 0.743. The molecule has 0 radical (unpaired) electrons. The zero-order valence-electron chi connectivity index (χ0n) is 9.57. The van der Waals surface area contributed by atoms with Crippen molar-refractivity contribution < 1.29 is 9.53 Å². The first kappa shape index (κ1) is 10.5. The summed E-state index contributed by atoms with van der Waals surface area (Å²) in [6.45, 7) is 2.00. The number of nitrogen functional groups attached to an aromatic ring is 1. The number of carbonyl (C=O) groups is 1. The highest BCUT2D eigenvalue weighted by Crippen LogP contribution is 2.28. The van der Waals surface area contributed by atoms with Crippen LogP contribution >= 0.6 is 0 Å². The van der Waals surface area contributed by atoms with Crippen LogP contribution in [0.25, 0.3) is 10.9 Å². The van der Waals surface area contributed by atoms with Crippen molar-refractivity contribution in [2.45, 2.75) is 6.92 Å². The Morgan fingerprint density at radius 3 is 2.75 bits per heavy atom. The molecule has 4 nitrogen and oxygen atoms in total. The van der Waals surface area contributed by atoms with Gasteiger partial charge in [-0.3, -0.25) is 0 Å². The van der Waals surface area contributed by atoms with Gasteiger partial charge in [-0.1, -0.05) is 12.1 Å². The smallest absolute Gasteiger partial charge is 0.356 e. The number of hydrogen-bond acceptors (Lipinski definition) is 3. The molecular weight excluding hydrogens is 204 g/mol. The van der Waals surface area contributed by atoms with E-state index in [1.54, 1.807) is 4.57 Å². The van der Waals surface area contributed by atoms with Crippen LogP contribution in [0, 0.1) is 6.92 Å². The fraction of sp³-hybridized carbons (Fsp3) is 0.250. The summed E-state index contributed by atoms with van der Waals surface area (Å²) < 4.78 is 6.49. The Morgan fingerprint density at radius 1 is 1.44 bits per heavy atom. The molecule has 0 spiro atoms. The molecule has 0 amide bonds. The van der Waals surface area contributed by atoms with E-state index in [0.717, 1.165) is 16.5 Å². The maximum absolute atomic E-state index is 11.6. The van der Waals surface area contributed by atoms with Crippen LogP contribution in [0.1, 0.15) is 16.1 Å². The van der Waals surface area contributed by atoms with Gasteiger partial charge in [0.1, 0.15) is 0 Å². The third-order valence-electron chi connectivity index (χ3n) is 2.77. The molecule has 1 aromatic heterocycles. The molecule has 1 heterocycles. The number of fused-ring (bicyclic) bond motifs is 1. The number of nitrogens with zero attached hydrogens (tertiary/aromatic N) is 1. The molecule has 0 atom stereocenters. The fourth-order valence-electron chi connectivity index (χ4n) is 1.92. The number of aromatic nitrogens is 1. The molecule has 0 bridgehead atoms. The first-order valence-corrected chi connectivity index (χ1v) is 4.99. The molecule has 84 valence electrons. The van der Waals surface area contributed by atoms with Gasteiger partial charge in [-0.25, -0.2) is 4.79 Å². The lowest BCUT2D eigenvalue weighted by Crippen LogP contribution is -2.09. The summed E-state index contributed by atoms with van der Waals surface area (Å²) in [7, 11) is 3.16. The summed E-state index contributed by atoms with van der Waals surface area (Å²) in [5, 5.41) is 0.883. The molecule has 0 saturated heterocycles. The number of ether oxygens (including phenoxy) is 1. The molecule has 4 heteroatoms. The number of benzene rings is 1. The standard InChI is InChI=1S/C12H14N2O2/c1-7-4-5-8-9(6-7)14(2)11(10(8)13)12(15)16-3/h4-6H,13H2,1-3H3. The van der Waals surface area contributed by atoms with E-state index in [-0.39, 0.29) is 0 Å². The first-order chi connectivity index (χ1) is 7.56. The van der Waals surface area contributed by atoms with E-state index in [1.807, 2.05) is 32.2 Å². The average molecular weight is 218 g/mol. The monoisotopic (exact) mass is 218 g/mol. The zero-order valence-corrected chi connectivity index (χ0v) is 9.57. The Balaban J connectivity index is 2.81. The first-order valence-electron chi connectivity index (χ1n) is 4.99. The summed E-state index contributed by atoms with van der Waals surface area (Å²) in [6.07, 6.45) is 0. The van der Waals surface area contributed by atoms with Crippen LogP contribution in [0.2, 0.25) is 0 Å². The number of nitrogens with two attached hydrogens (primary N) is 1. The highest BCUT2D eigenvalue weighted by atomic mass is 16.5. The van der Waals surface area contributed by atoms with Gasteiger partial charge in [0.05, 0.1) is 18.3 Å². The second kappa shape index (κ2) is 3.56. The molecular formula is C12H14N2O2. The summed E-state index contributed by atoms with van der Waals surface area (Å²) in [5.41, 5.74) is 8.90. The van der Waals surface area contributed by atoms with Gasteiger partial charge < -0.3 is 15.0 Å². The van der Waals surface area contributed by atoms with Crippen molar-refractivity contribution in [3.63, 3.8) is 0 Å². The number of carbonyl (C=O) groups excluding carboxylic acids is 1. The molecule has 1 aromatic carbocycles. The van der Waals surface area contributed by atoms with Crippen LogP contribution in [0.4, 0.5) is 5.69 Å². The molecule has 0 fully saturated rings. The van der Waals surface area contributed by atoms with Crippen molar-refractivity contribution in [2.24, 2.45) is 7.05 Å². The number of esters is 1. The number of rotatable bonds is 1. The second-order valence-corrected chi connectivity index (χ2v) is 3.83. The van der Waals surface area contributed by atoms with Crippen LogP contribution < -0.4 is 5.73 Å². The third kappa shape index (κ3) is 1.34. The number of methoxy groups -OCH3 is 1. The van der Waals surface area contributed by atoms with Crippen LogP contribution in [-0.4, -0.2) is 17.6 Å². The zero-order chi connectivity index (χ0) is 11.9. The highest BCUT2D eigenvalue weighted by Gasteiger charge is 2.19. The second-order valence-electron chi connectivity index (χ2n) is 3.83. The van der Waals surface area contributed by atoms with E-state index < -0.39 is 5.97 Å². The van der Waals surface area contributed by atoms with Gasteiger partial charge in [-0.2, -0.15) is 0 Å². The Kier molecular flexibility index (Phi) is 2.34. The fourth-order valence-corrected chi connectivity index (χ4v) is 1.92. The lowest BCUT2D eigenvalue weighted by atomic mass is 10.1. The molecule has 2 aromatic rings. The maximum Gasteiger partial charge on any atom is 0.356 e. The Labute approximate surface area is 93.6 Å². The highest BCUT2D eigenvalue weighted by molar-refractivity contribution is 6.06. The van der Waals surface area contributed by atoms with Gasteiger partial charge in [0.25, 0.3) is 0 Å². The van der Waals surface area contributed by atoms with Crippen LogP contribution in [0.5, 0.6) is 0 Å². The normalized spacial score (nSPS) is 10.7. The van der Waals surface area contributed by atoms with Crippen LogP contribution in [0.3, 0.4) is 0 Å². The summed E-state index contributed by atoms with van der Waals surface area (Å²) >= 11 is 0. The van der Waals surface area contributed by atoms with Crippen LogP contribution in [0.15, 0.2) is 18.2 Å². The Hall–Kier alpha value is -1.97. The lowest BCUT2D eigenvalue weighted by Gasteiger charge is -2.02. The van der Waals surface area contributed by atoms with Crippen molar-refractivity contribution in [3.05, 3.63) is 29.5 Å². The molecule has 0 aliphatic heterocycles. The SMILES string of the molecule is COC(=O)c1c(N)c2ccc(C)cc2n1C. The minimum absolute atomic E-state index is 0.406. The van der Waals surface area contributed by atoms with E-state index in [9.17, 15) is 4.79 Å². The van der Waals surface area contributed by atoms with Gasteiger partial charge in [0, 0.05) is 12.4 Å². The van der Waals surface area contributed by atoms with E-state index in [1.165, 1.54) is 7.11 Å². The predicted octanol–water partition coefficient (Wildman–Crippen LogP) is 1.86. The Morgan fingerprint density at radius 2 is 2.12 bits per heavy atom. The minimum atomic E-state index is -0.408. The molecule has 16 heavy (non-hydrogen) atoms. The Bertz CT molecular complexity index is 570. The lowest BCUT2D eigenvalue weighted by molar-refractivity contribution is 0.0592. The molecule has 2 N–H and O–H groups in total. The molecule has 0 aliphatic rings. The third-order valence-corrected chi connectivity index (χ3v) is 2.77. The maximum atomic E-state index is 11.6. The summed E-state index contributed by atoms with van der Waals surface area (Å²) in [5.74, 6) is -0.408. The summed E-state index contributed by atoms with van der Waals surface area (Å²) in [6, 6.07) is 5.89. The van der Waals surface area contributed by atoms with E-state index >= 15 is 0 Å². The number of aryl methyl sites for hydroxylation is 2. The van der Waals surface area contributed by atoms with E-state index in [2.05, 4.69) is 0 Å². The van der Waals surface area contributed by atoms with Crippen molar-refractivity contribution in [1.82, 2.24) is 4.57 Å². The summed E-state index contributed by atoms with van der Waals surface area (Å²) in [4.78, 5) is 11.6. The molecule has 0 saturated carbocycles. The molecule has 0 unspecified atom stereocenters. The van der Waals surface area contributed by atoms with Gasteiger partial charge in [0.15, 0.2) is 5.69 Å². The van der Waals surface area contributed by atoms with Crippen molar-refractivity contribution >= 4 is 22.6 Å². The van der Waals surface area contributed by atoms with Crippen molar-refractivity contribution in [2.75, 3.05) is 12.8 Å². The largest absolute Gasteiger partial charge is 0.464 e. The number of hydrogen-bond donors (Lipinski definition) is 1. The number of anilines is 1.